The first-order valence-corrected chi connectivity index (χ1v) is 7.88. The van der Waals surface area contributed by atoms with Gasteiger partial charge in [-0.3, -0.25) is 0 Å². The fourth-order valence-corrected chi connectivity index (χ4v) is 3.36. The minimum Gasteiger partial charge on any atom is -0.383 e. The number of thioether (sulfide) groups is 1. The minimum atomic E-state index is 0.548. The number of anilines is 2. The van der Waals surface area contributed by atoms with Crippen molar-refractivity contribution in [3.8, 4) is 0 Å². The number of hydrogen-bond acceptors (Lipinski definition) is 5. The lowest BCUT2D eigenvalue weighted by Gasteiger charge is -2.24. The van der Waals surface area contributed by atoms with Crippen LogP contribution in [0.5, 0.6) is 0 Å². The fraction of sp³-hybridized carbons (Fsp3) is 0.692. The van der Waals surface area contributed by atoms with E-state index in [4.69, 9.17) is 5.73 Å². The standard InChI is InChI=1S/C13H20N4S/c1-8-11(14)16-13(9-2-3-9)17-12(8)15-10-4-6-18-7-5-10/h9-10H,2-7H2,1H3,(H3,14,15,16,17). The van der Waals surface area contributed by atoms with Gasteiger partial charge in [0.2, 0.25) is 0 Å². The molecule has 1 aromatic rings. The van der Waals surface area contributed by atoms with Crippen LogP contribution in [0.15, 0.2) is 0 Å². The van der Waals surface area contributed by atoms with Crippen molar-refractivity contribution in [2.45, 2.75) is 44.6 Å². The highest BCUT2D eigenvalue weighted by molar-refractivity contribution is 7.99. The normalized spacial score (nSPS) is 20.9. The lowest BCUT2D eigenvalue weighted by Crippen LogP contribution is -2.26. The molecule has 1 saturated heterocycles. The molecule has 1 aliphatic carbocycles. The molecule has 0 aromatic carbocycles. The van der Waals surface area contributed by atoms with Crippen molar-refractivity contribution in [2.24, 2.45) is 0 Å². The Balaban J connectivity index is 1.80. The number of nitrogens with two attached hydrogens (primary N) is 1. The number of rotatable bonds is 3. The summed E-state index contributed by atoms with van der Waals surface area (Å²) in [6.07, 6.45) is 4.85. The van der Waals surface area contributed by atoms with Gasteiger partial charge < -0.3 is 11.1 Å². The molecule has 3 rings (SSSR count). The van der Waals surface area contributed by atoms with Crippen LogP contribution in [0.25, 0.3) is 0 Å². The summed E-state index contributed by atoms with van der Waals surface area (Å²) in [6.45, 7) is 2.01. The summed E-state index contributed by atoms with van der Waals surface area (Å²) in [6, 6.07) is 0.548. The highest BCUT2D eigenvalue weighted by Gasteiger charge is 2.28. The van der Waals surface area contributed by atoms with Gasteiger partial charge >= 0.3 is 0 Å². The fourth-order valence-electron chi connectivity index (χ4n) is 2.25. The maximum absolute atomic E-state index is 6.00. The van der Waals surface area contributed by atoms with Crippen LogP contribution in [-0.4, -0.2) is 27.5 Å². The van der Waals surface area contributed by atoms with E-state index < -0.39 is 0 Å². The van der Waals surface area contributed by atoms with E-state index in [0.717, 1.165) is 17.2 Å². The largest absolute Gasteiger partial charge is 0.383 e. The Morgan fingerprint density at radius 1 is 1.17 bits per heavy atom. The average Bonchev–Trinajstić information content (AvgIpc) is 3.20. The molecule has 1 aromatic heterocycles. The van der Waals surface area contributed by atoms with Gasteiger partial charge in [-0.15, -0.1) is 0 Å². The highest BCUT2D eigenvalue weighted by atomic mass is 32.2. The zero-order chi connectivity index (χ0) is 12.5. The Kier molecular flexibility index (Phi) is 3.33. The maximum Gasteiger partial charge on any atom is 0.136 e. The lowest BCUT2D eigenvalue weighted by atomic mass is 10.1. The third-order valence-corrected chi connectivity index (χ3v) is 4.75. The van der Waals surface area contributed by atoms with Gasteiger partial charge in [-0.2, -0.15) is 11.8 Å². The quantitative estimate of drug-likeness (QED) is 0.878. The van der Waals surface area contributed by atoms with Gasteiger partial charge in [-0.05, 0) is 44.1 Å². The molecule has 0 amide bonds. The molecule has 1 aliphatic heterocycles. The van der Waals surface area contributed by atoms with Gasteiger partial charge in [0.1, 0.15) is 17.5 Å². The summed E-state index contributed by atoms with van der Waals surface area (Å²) in [5, 5.41) is 3.57. The molecule has 0 atom stereocenters. The number of nitrogens with zero attached hydrogens (tertiary/aromatic N) is 2. The van der Waals surface area contributed by atoms with Gasteiger partial charge in [0.05, 0.1) is 0 Å². The minimum absolute atomic E-state index is 0.548. The van der Waals surface area contributed by atoms with Crippen molar-refractivity contribution < 1.29 is 0 Å². The molecule has 0 radical (unpaired) electrons. The van der Waals surface area contributed by atoms with E-state index in [9.17, 15) is 0 Å². The number of nitrogens with one attached hydrogen (secondary N) is 1. The summed E-state index contributed by atoms with van der Waals surface area (Å²) >= 11 is 2.04. The van der Waals surface area contributed by atoms with E-state index in [2.05, 4.69) is 15.3 Å². The summed E-state index contributed by atoms with van der Waals surface area (Å²) in [5.74, 6) is 5.57. The van der Waals surface area contributed by atoms with Crippen LogP contribution in [0.3, 0.4) is 0 Å². The molecule has 4 nitrogen and oxygen atoms in total. The number of nitrogen functional groups attached to an aromatic ring is 1. The summed E-state index contributed by atoms with van der Waals surface area (Å²) < 4.78 is 0. The molecule has 0 unspecified atom stereocenters. The monoisotopic (exact) mass is 264 g/mol. The van der Waals surface area contributed by atoms with Crippen LogP contribution in [0.1, 0.15) is 43.0 Å². The van der Waals surface area contributed by atoms with Gasteiger partial charge in [-0.1, -0.05) is 0 Å². The van der Waals surface area contributed by atoms with Crippen molar-refractivity contribution in [3.63, 3.8) is 0 Å². The van der Waals surface area contributed by atoms with Crippen LogP contribution in [-0.2, 0) is 0 Å². The molecule has 1 saturated carbocycles. The molecular formula is C13H20N4S. The van der Waals surface area contributed by atoms with Gasteiger partial charge in [-0.25, -0.2) is 9.97 Å². The molecule has 98 valence electrons. The second-order valence-corrected chi connectivity index (χ2v) is 6.47. The van der Waals surface area contributed by atoms with E-state index >= 15 is 0 Å². The van der Waals surface area contributed by atoms with Crippen LogP contribution in [0.2, 0.25) is 0 Å². The first kappa shape index (κ1) is 12.1. The SMILES string of the molecule is Cc1c(N)nc(C2CC2)nc1NC1CCSCC1. The molecule has 18 heavy (non-hydrogen) atoms. The predicted octanol–water partition coefficient (Wildman–Crippen LogP) is 2.55. The van der Waals surface area contributed by atoms with E-state index in [0.29, 0.717) is 17.8 Å². The second kappa shape index (κ2) is 4.96. The molecule has 0 bridgehead atoms. The molecule has 5 heteroatoms. The van der Waals surface area contributed by atoms with E-state index in [1.165, 1.54) is 37.2 Å². The summed E-state index contributed by atoms with van der Waals surface area (Å²) in [7, 11) is 0. The van der Waals surface area contributed by atoms with Crippen molar-refractivity contribution in [2.75, 3.05) is 22.6 Å². The Morgan fingerprint density at radius 3 is 2.56 bits per heavy atom. The number of aromatic nitrogens is 2. The average molecular weight is 264 g/mol. The Labute approximate surface area is 112 Å². The molecule has 2 heterocycles. The van der Waals surface area contributed by atoms with Crippen LogP contribution in [0.4, 0.5) is 11.6 Å². The first-order valence-electron chi connectivity index (χ1n) is 6.72. The molecule has 2 aliphatic rings. The Morgan fingerprint density at radius 2 is 1.89 bits per heavy atom. The molecule has 3 N–H and O–H groups in total. The van der Waals surface area contributed by atoms with Crippen LogP contribution >= 0.6 is 11.8 Å². The number of hydrogen-bond donors (Lipinski definition) is 2. The molecular weight excluding hydrogens is 244 g/mol. The van der Waals surface area contributed by atoms with Crippen molar-refractivity contribution in [1.82, 2.24) is 9.97 Å². The zero-order valence-electron chi connectivity index (χ0n) is 10.8. The van der Waals surface area contributed by atoms with Crippen LogP contribution in [0, 0.1) is 6.92 Å². The van der Waals surface area contributed by atoms with Gasteiger partial charge in [0.25, 0.3) is 0 Å². The highest BCUT2D eigenvalue weighted by Crippen LogP contribution is 2.39. The zero-order valence-corrected chi connectivity index (χ0v) is 11.6. The van der Waals surface area contributed by atoms with E-state index in [-0.39, 0.29) is 0 Å². The third kappa shape index (κ3) is 2.55. The van der Waals surface area contributed by atoms with Crippen molar-refractivity contribution >= 4 is 23.4 Å². The molecule has 2 fully saturated rings. The topological polar surface area (TPSA) is 63.8 Å². The molecule has 0 spiro atoms. The predicted molar refractivity (Wildman–Crippen MR) is 77.1 cm³/mol. The van der Waals surface area contributed by atoms with Crippen molar-refractivity contribution in [1.29, 1.82) is 0 Å². The second-order valence-electron chi connectivity index (χ2n) is 5.25. The van der Waals surface area contributed by atoms with Crippen molar-refractivity contribution in [3.05, 3.63) is 11.4 Å². The smallest absolute Gasteiger partial charge is 0.136 e. The van der Waals surface area contributed by atoms with Gasteiger partial charge in [0, 0.05) is 17.5 Å². The maximum atomic E-state index is 6.00. The first-order chi connectivity index (χ1) is 8.74. The third-order valence-electron chi connectivity index (χ3n) is 3.71. The van der Waals surface area contributed by atoms with E-state index in [1.54, 1.807) is 0 Å². The van der Waals surface area contributed by atoms with E-state index in [1.807, 2.05) is 18.7 Å². The Hall–Kier alpha value is -0.970. The Bertz CT molecular complexity index is 439. The van der Waals surface area contributed by atoms with Gasteiger partial charge in [0.15, 0.2) is 0 Å². The summed E-state index contributed by atoms with van der Waals surface area (Å²) in [5.41, 5.74) is 6.99. The lowest BCUT2D eigenvalue weighted by molar-refractivity contribution is 0.661. The van der Waals surface area contributed by atoms with Crippen LogP contribution < -0.4 is 11.1 Å². The summed E-state index contributed by atoms with van der Waals surface area (Å²) in [4.78, 5) is 9.09.